The summed E-state index contributed by atoms with van der Waals surface area (Å²) in [6.07, 6.45) is 0. The number of benzene rings is 2. The van der Waals surface area contributed by atoms with Crippen LogP contribution in [0, 0.1) is 10.5 Å². The highest BCUT2D eigenvalue weighted by atomic mass is 127. The molecule has 0 atom stereocenters. The average Bonchev–Trinajstić information content (AvgIpc) is 2.32. The number of halogens is 1. The highest BCUT2D eigenvalue weighted by Crippen LogP contribution is 2.19. The van der Waals surface area contributed by atoms with Crippen LogP contribution < -0.4 is 4.90 Å². The zero-order valence-corrected chi connectivity index (χ0v) is 12.3. The molecule has 0 amide bonds. The molecule has 0 saturated carbocycles. The molecule has 2 rings (SSSR count). The van der Waals surface area contributed by atoms with Crippen molar-refractivity contribution in [1.82, 2.24) is 0 Å². The van der Waals surface area contributed by atoms with Crippen molar-refractivity contribution in [2.45, 2.75) is 13.5 Å². The summed E-state index contributed by atoms with van der Waals surface area (Å²) in [5, 5.41) is 0. The van der Waals surface area contributed by atoms with E-state index in [-0.39, 0.29) is 0 Å². The Hall–Kier alpha value is -1.03. The summed E-state index contributed by atoms with van der Waals surface area (Å²) in [6.45, 7) is 3.08. The molecular formula is C15H16IN. The maximum absolute atomic E-state index is 2.39. The smallest absolute Gasteiger partial charge is 0.0436 e. The van der Waals surface area contributed by atoms with Gasteiger partial charge in [0.05, 0.1) is 0 Å². The molecule has 17 heavy (non-hydrogen) atoms. The lowest BCUT2D eigenvalue weighted by Gasteiger charge is -2.20. The first kappa shape index (κ1) is 12.4. The second-order valence-corrected chi connectivity index (χ2v) is 5.45. The summed E-state index contributed by atoms with van der Waals surface area (Å²) in [7, 11) is 2.14. The lowest BCUT2D eigenvalue weighted by atomic mass is 10.2. The van der Waals surface area contributed by atoms with Crippen LogP contribution in [0.15, 0.2) is 48.5 Å². The van der Waals surface area contributed by atoms with Crippen molar-refractivity contribution >= 4 is 28.3 Å². The van der Waals surface area contributed by atoms with Crippen LogP contribution in [0.4, 0.5) is 5.69 Å². The van der Waals surface area contributed by atoms with E-state index in [1.54, 1.807) is 0 Å². The van der Waals surface area contributed by atoms with Crippen molar-refractivity contribution in [2.75, 3.05) is 11.9 Å². The van der Waals surface area contributed by atoms with Gasteiger partial charge in [-0.25, -0.2) is 0 Å². The van der Waals surface area contributed by atoms with Crippen LogP contribution in [-0.2, 0) is 6.54 Å². The largest absolute Gasteiger partial charge is 0.370 e. The molecular weight excluding hydrogens is 321 g/mol. The first-order valence-corrected chi connectivity index (χ1v) is 6.76. The third kappa shape index (κ3) is 3.22. The highest BCUT2D eigenvalue weighted by molar-refractivity contribution is 14.1. The van der Waals surface area contributed by atoms with Gasteiger partial charge in [-0.05, 0) is 58.8 Å². The van der Waals surface area contributed by atoms with E-state index < -0.39 is 0 Å². The van der Waals surface area contributed by atoms with E-state index in [9.17, 15) is 0 Å². The maximum Gasteiger partial charge on any atom is 0.0436 e. The zero-order valence-electron chi connectivity index (χ0n) is 10.2. The Kier molecular flexibility index (Phi) is 4.05. The van der Waals surface area contributed by atoms with Crippen molar-refractivity contribution in [2.24, 2.45) is 0 Å². The summed E-state index contributed by atoms with van der Waals surface area (Å²) < 4.78 is 1.32. The van der Waals surface area contributed by atoms with Crippen molar-refractivity contribution in [3.63, 3.8) is 0 Å². The predicted octanol–water partition coefficient (Wildman–Crippen LogP) is 4.24. The Bertz CT molecular complexity index is 508. The van der Waals surface area contributed by atoms with E-state index in [0.29, 0.717) is 0 Å². The normalized spacial score (nSPS) is 10.3. The van der Waals surface area contributed by atoms with Crippen molar-refractivity contribution in [3.05, 3.63) is 63.2 Å². The van der Waals surface area contributed by atoms with E-state index in [1.165, 1.54) is 20.4 Å². The minimum atomic E-state index is 0.947. The van der Waals surface area contributed by atoms with Gasteiger partial charge in [-0.1, -0.05) is 30.3 Å². The van der Waals surface area contributed by atoms with Gasteiger partial charge in [0, 0.05) is 22.8 Å². The summed E-state index contributed by atoms with van der Waals surface area (Å²) in [6, 6.07) is 17.1. The fraction of sp³-hybridized carbons (Fsp3) is 0.200. The standard InChI is InChI=1S/C15H16IN/c1-12-6-5-8-14(10-12)17(2)11-13-7-3-4-9-15(13)16/h3-10H,11H2,1-2H3. The van der Waals surface area contributed by atoms with Crippen LogP contribution in [0.25, 0.3) is 0 Å². The molecule has 0 radical (unpaired) electrons. The topological polar surface area (TPSA) is 3.24 Å². The molecule has 0 bridgehead atoms. The fourth-order valence-electron chi connectivity index (χ4n) is 1.84. The number of rotatable bonds is 3. The Balaban J connectivity index is 2.17. The van der Waals surface area contributed by atoms with Crippen LogP contribution in [0.2, 0.25) is 0 Å². The molecule has 0 saturated heterocycles. The maximum atomic E-state index is 2.39. The quantitative estimate of drug-likeness (QED) is 0.758. The molecule has 1 nitrogen and oxygen atoms in total. The molecule has 0 N–H and O–H groups in total. The van der Waals surface area contributed by atoms with E-state index in [2.05, 4.69) is 90.0 Å². The van der Waals surface area contributed by atoms with Crippen molar-refractivity contribution < 1.29 is 0 Å². The van der Waals surface area contributed by atoms with Crippen LogP contribution in [-0.4, -0.2) is 7.05 Å². The van der Waals surface area contributed by atoms with Gasteiger partial charge >= 0.3 is 0 Å². The van der Waals surface area contributed by atoms with Gasteiger partial charge in [0.2, 0.25) is 0 Å². The molecule has 2 aromatic carbocycles. The number of hydrogen-bond acceptors (Lipinski definition) is 1. The van der Waals surface area contributed by atoms with Gasteiger partial charge in [0.1, 0.15) is 0 Å². The molecule has 0 fully saturated rings. The molecule has 0 aliphatic carbocycles. The van der Waals surface area contributed by atoms with Gasteiger partial charge in [-0.2, -0.15) is 0 Å². The van der Waals surface area contributed by atoms with E-state index in [1.807, 2.05) is 0 Å². The third-order valence-corrected chi connectivity index (χ3v) is 3.86. The SMILES string of the molecule is Cc1cccc(N(C)Cc2ccccc2I)c1. The fourth-order valence-corrected chi connectivity index (χ4v) is 2.40. The van der Waals surface area contributed by atoms with Crippen LogP contribution in [0.3, 0.4) is 0 Å². The monoisotopic (exact) mass is 337 g/mol. The second kappa shape index (κ2) is 5.54. The lowest BCUT2D eigenvalue weighted by Crippen LogP contribution is -2.17. The van der Waals surface area contributed by atoms with E-state index in [4.69, 9.17) is 0 Å². The first-order chi connectivity index (χ1) is 8.16. The molecule has 2 aromatic rings. The number of hydrogen-bond donors (Lipinski definition) is 0. The number of aryl methyl sites for hydroxylation is 1. The molecule has 0 heterocycles. The minimum absolute atomic E-state index is 0.947. The Labute approximate surface area is 117 Å². The van der Waals surface area contributed by atoms with Gasteiger partial charge in [0.15, 0.2) is 0 Å². The van der Waals surface area contributed by atoms with Gasteiger partial charge < -0.3 is 4.90 Å². The van der Waals surface area contributed by atoms with Crippen molar-refractivity contribution in [1.29, 1.82) is 0 Å². The lowest BCUT2D eigenvalue weighted by molar-refractivity contribution is 0.917. The molecule has 0 aromatic heterocycles. The Morgan fingerprint density at radius 2 is 1.82 bits per heavy atom. The Morgan fingerprint density at radius 3 is 2.53 bits per heavy atom. The summed E-state index contributed by atoms with van der Waals surface area (Å²) >= 11 is 2.39. The number of anilines is 1. The molecule has 0 aliphatic rings. The Morgan fingerprint density at radius 1 is 1.06 bits per heavy atom. The molecule has 2 heteroatoms. The molecule has 0 unspecified atom stereocenters. The summed E-state index contributed by atoms with van der Waals surface area (Å²) in [4.78, 5) is 2.28. The average molecular weight is 337 g/mol. The molecule has 0 spiro atoms. The van der Waals surface area contributed by atoms with Crippen molar-refractivity contribution in [3.8, 4) is 0 Å². The van der Waals surface area contributed by atoms with Gasteiger partial charge in [-0.15, -0.1) is 0 Å². The van der Waals surface area contributed by atoms with Crippen LogP contribution in [0.5, 0.6) is 0 Å². The first-order valence-electron chi connectivity index (χ1n) is 5.68. The predicted molar refractivity (Wildman–Crippen MR) is 82.4 cm³/mol. The van der Waals surface area contributed by atoms with Gasteiger partial charge in [0.25, 0.3) is 0 Å². The second-order valence-electron chi connectivity index (χ2n) is 4.29. The summed E-state index contributed by atoms with van der Waals surface area (Å²) in [5.41, 5.74) is 3.94. The molecule has 88 valence electrons. The minimum Gasteiger partial charge on any atom is -0.370 e. The summed E-state index contributed by atoms with van der Waals surface area (Å²) in [5.74, 6) is 0. The van der Waals surface area contributed by atoms with E-state index in [0.717, 1.165) is 6.54 Å². The van der Waals surface area contributed by atoms with Gasteiger partial charge in [-0.3, -0.25) is 0 Å². The highest BCUT2D eigenvalue weighted by Gasteiger charge is 2.04. The van der Waals surface area contributed by atoms with Crippen LogP contribution in [0.1, 0.15) is 11.1 Å². The molecule has 0 aliphatic heterocycles. The van der Waals surface area contributed by atoms with Crippen LogP contribution >= 0.6 is 22.6 Å². The van der Waals surface area contributed by atoms with E-state index >= 15 is 0 Å². The number of nitrogens with zero attached hydrogens (tertiary/aromatic N) is 1. The zero-order chi connectivity index (χ0) is 12.3. The third-order valence-electron chi connectivity index (χ3n) is 2.81.